The molecule has 0 aliphatic heterocycles. The van der Waals surface area contributed by atoms with Crippen LogP contribution in [0.15, 0.2) is 36.5 Å². The lowest BCUT2D eigenvalue weighted by atomic mass is 10.1. The minimum Gasteiger partial charge on any atom is -0.465 e. The van der Waals surface area contributed by atoms with Crippen molar-refractivity contribution >= 4 is 17.6 Å². The molecular weight excluding hydrogens is 270 g/mol. The van der Waals surface area contributed by atoms with Gasteiger partial charge in [0.15, 0.2) is 0 Å². The number of amides is 1. The molecule has 2 aromatic rings. The molecule has 0 saturated heterocycles. The molecule has 0 bridgehead atoms. The molecule has 0 atom stereocenters. The number of anilines is 1. The van der Waals surface area contributed by atoms with Crippen LogP contribution in [0.1, 0.15) is 18.2 Å². The smallest absolute Gasteiger partial charge is 0.311 e. The van der Waals surface area contributed by atoms with Crippen LogP contribution >= 0.6 is 0 Å². The van der Waals surface area contributed by atoms with Gasteiger partial charge >= 0.3 is 5.97 Å². The second-order valence-electron chi connectivity index (χ2n) is 4.61. The van der Waals surface area contributed by atoms with Crippen molar-refractivity contribution in [1.29, 1.82) is 0 Å². The van der Waals surface area contributed by atoms with Gasteiger partial charge in [-0.15, -0.1) is 0 Å². The van der Waals surface area contributed by atoms with E-state index in [9.17, 15) is 9.59 Å². The molecule has 2 rings (SSSR count). The molecule has 0 aliphatic rings. The number of aromatic amines is 1. The van der Waals surface area contributed by atoms with Gasteiger partial charge in [-0.05, 0) is 23.8 Å². The molecule has 21 heavy (non-hydrogen) atoms. The summed E-state index contributed by atoms with van der Waals surface area (Å²) in [5.41, 5.74) is 2.46. The predicted molar refractivity (Wildman–Crippen MR) is 77.7 cm³/mol. The monoisotopic (exact) mass is 287 g/mol. The number of carbonyl (C=O) groups excluding carboxylic acids is 2. The molecule has 1 aromatic carbocycles. The molecule has 0 saturated carbocycles. The Hall–Kier alpha value is -2.63. The third-order valence-corrected chi connectivity index (χ3v) is 2.79. The van der Waals surface area contributed by atoms with E-state index < -0.39 is 0 Å². The molecule has 1 heterocycles. The van der Waals surface area contributed by atoms with Crippen molar-refractivity contribution in [2.24, 2.45) is 0 Å². The Morgan fingerprint density at radius 1 is 1.33 bits per heavy atom. The third kappa shape index (κ3) is 5.10. The van der Waals surface area contributed by atoms with Crippen LogP contribution < -0.4 is 5.32 Å². The maximum absolute atomic E-state index is 11.6. The minimum atomic E-state index is -0.294. The van der Waals surface area contributed by atoms with Crippen LogP contribution in [0.4, 0.5) is 5.69 Å². The van der Waals surface area contributed by atoms with Crippen molar-refractivity contribution in [3.05, 3.63) is 47.8 Å². The number of nitrogens with zero attached hydrogens (tertiary/aromatic N) is 1. The number of hydrogen-bond acceptors (Lipinski definition) is 4. The molecule has 110 valence electrons. The molecule has 0 aliphatic carbocycles. The first-order valence-electron chi connectivity index (χ1n) is 6.64. The van der Waals surface area contributed by atoms with Crippen LogP contribution in [-0.2, 0) is 27.2 Å². The van der Waals surface area contributed by atoms with Gasteiger partial charge in [0.25, 0.3) is 0 Å². The molecule has 1 amide bonds. The molecule has 1 aromatic heterocycles. The first-order chi connectivity index (χ1) is 10.1. The fourth-order valence-electron chi connectivity index (χ4n) is 1.88. The highest BCUT2D eigenvalue weighted by Crippen LogP contribution is 2.11. The van der Waals surface area contributed by atoms with Gasteiger partial charge in [0.1, 0.15) is 0 Å². The van der Waals surface area contributed by atoms with E-state index in [1.54, 1.807) is 12.3 Å². The SMILES string of the molecule is CC(=O)Nc1cccc(CCOC(=O)Cc2ccn[nH]2)c1. The van der Waals surface area contributed by atoms with Gasteiger partial charge in [-0.3, -0.25) is 14.7 Å². The number of ether oxygens (including phenoxy) is 1. The number of H-pyrrole nitrogens is 1. The Bertz CT molecular complexity index is 608. The Kier molecular flexibility index (Phi) is 5.09. The fraction of sp³-hybridized carbons (Fsp3) is 0.267. The summed E-state index contributed by atoms with van der Waals surface area (Å²) in [5, 5.41) is 9.20. The number of rotatable bonds is 6. The zero-order valence-electron chi connectivity index (χ0n) is 11.8. The summed E-state index contributed by atoms with van der Waals surface area (Å²) in [5.74, 6) is -0.407. The molecular formula is C15H17N3O3. The average Bonchev–Trinajstić information content (AvgIpc) is 2.91. The van der Waals surface area contributed by atoms with E-state index in [4.69, 9.17) is 4.74 Å². The van der Waals surface area contributed by atoms with Gasteiger partial charge in [0.05, 0.1) is 13.0 Å². The Morgan fingerprint density at radius 2 is 2.19 bits per heavy atom. The first-order valence-corrected chi connectivity index (χ1v) is 6.64. The summed E-state index contributed by atoms with van der Waals surface area (Å²) < 4.78 is 5.17. The molecule has 6 heteroatoms. The topological polar surface area (TPSA) is 84.1 Å². The fourth-order valence-corrected chi connectivity index (χ4v) is 1.88. The average molecular weight is 287 g/mol. The first kappa shape index (κ1) is 14.8. The van der Waals surface area contributed by atoms with E-state index in [2.05, 4.69) is 15.5 Å². The maximum Gasteiger partial charge on any atom is 0.311 e. The summed E-state index contributed by atoms with van der Waals surface area (Å²) in [6.07, 6.45) is 2.38. The van der Waals surface area contributed by atoms with Gasteiger partial charge in [0, 0.05) is 30.9 Å². The Balaban J connectivity index is 1.77. The quantitative estimate of drug-likeness (QED) is 0.792. The van der Waals surface area contributed by atoms with Crippen LogP contribution in [0.25, 0.3) is 0 Å². The molecule has 6 nitrogen and oxygen atoms in total. The van der Waals surface area contributed by atoms with Crippen LogP contribution in [-0.4, -0.2) is 28.7 Å². The van der Waals surface area contributed by atoms with Crippen molar-refractivity contribution in [3.63, 3.8) is 0 Å². The van der Waals surface area contributed by atoms with Crippen molar-refractivity contribution in [2.45, 2.75) is 19.8 Å². The molecule has 0 spiro atoms. The largest absolute Gasteiger partial charge is 0.465 e. The van der Waals surface area contributed by atoms with Gasteiger partial charge in [0.2, 0.25) is 5.91 Å². The number of benzene rings is 1. The molecule has 2 N–H and O–H groups in total. The van der Waals surface area contributed by atoms with Gasteiger partial charge in [-0.25, -0.2) is 0 Å². The summed E-state index contributed by atoms with van der Waals surface area (Å²) >= 11 is 0. The number of aromatic nitrogens is 2. The second kappa shape index (κ2) is 7.23. The molecule has 0 unspecified atom stereocenters. The van der Waals surface area contributed by atoms with E-state index in [-0.39, 0.29) is 18.3 Å². The summed E-state index contributed by atoms with van der Waals surface area (Å²) in [7, 11) is 0. The molecule has 0 radical (unpaired) electrons. The van der Waals surface area contributed by atoms with Crippen molar-refractivity contribution in [1.82, 2.24) is 10.2 Å². The highest BCUT2D eigenvalue weighted by atomic mass is 16.5. The lowest BCUT2D eigenvalue weighted by Gasteiger charge is -2.07. The lowest BCUT2D eigenvalue weighted by molar-refractivity contribution is -0.142. The highest BCUT2D eigenvalue weighted by molar-refractivity contribution is 5.88. The zero-order valence-corrected chi connectivity index (χ0v) is 11.8. The Morgan fingerprint density at radius 3 is 2.90 bits per heavy atom. The summed E-state index contributed by atoms with van der Waals surface area (Å²) in [6.45, 7) is 1.76. The van der Waals surface area contributed by atoms with E-state index in [1.165, 1.54) is 6.92 Å². The maximum atomic E-state index is 11.6. The van der Waals surface area contributed by atoms with E-state index in [0.29, 0.717) is 13.0 Å². The van der Waals surface area contributed by atoms with Crippen LogP contribution in [0.5, 0.6) is 0 Å². The third-order valence-electron chi connectivity index (χ3n) is 2.79. The predicted octanol–water partition coefficient (Wildman–Crippen LogP) is 1.70. The Labute approximate surface area is 122 Å². The van der Waals surface area contributed by atoms with Crippen LogP contribution in [0.2, 0.25) is 0 Å². The lowest BCUT2D eigenvalue weighted by Crippen LogP contribution is -2.11. The van der Waals surface area contributed by atoms with Gasteiger partial charge in [-0.2, -0.15) is 5.10 Å². The van der Waals surface area contributed by atoms with E-state index in [1.807, 2.05) is 24.3 Å². The minimum absolute atomic E-state index is 0.113. The number of hydrogen-bond donors (Lipinski definition) is 2. The van der Waals surface area contributed by atoms with E-state index >= 15 is 0 Å². The van der Waals surface area contributed by atoms with Gasteiger partial charge < -0.3 is 10.1 Å². The zero-order chi connectivity index (χ0) is 15.1. The van der Waals surface area contributed by atoms with E-state index in [0.717, 1.165) is 16.9 Å². The number of carbonyl (C=O) groups is 2. The van der Waals surface area contributed by atoms with Crippen LogP contribution in [0, 0.1) is 0 Å². The van der Waals surface area contributed by atoms with Crippen LogP contribution in [0.3, 0.4) is 0 Å². The van der Waals surface area contributed by atoms with Gasteiger partial charge in [-0.1, -0.05) is 12.1 Å². The van der Waals surface area contributed by atoms with Crippen molar-refractivity contribution < 1.29 is 14.3 Å². The van der Waals surface area contributed by atoms with Crippen molar-refractivity contribution in [2.75, 3.05) is 11.9 Å². The summed E-state index contributed by atoms with van der Waals surface area (Å²) in [6, 6.07) is 9.19. The standard InChI is InChI=1S/C15H17N3O3/c1-11(19)17-13-4-2-3-12(9-13)6-8-21-15(20)10-14-5-7-16-18-14/h2-5,7,9H,6,8,10H2,1H3,(H,16,18)(H,17,19). The summed E-state index contributed by atoms with van der Waals surface area (Å²) in [4.78, 5) is 22.6. The normalized spacial score (nSPS) is 10.1. The van der Waals surface area contributed by atoms with Crippen molar-refractivity contribution in [3.8, 4) is 0 Å². The molecule has 0 fully saturated rings. The number of nitrogens with one attached hydrogen (secondary N) is 2. The number of esters is 1. The highest BCUT2D eigenvalue weighted by Gasteiger charge is 2.06. The second-order valence-corrected chi connectivity index (χ2v) is 4.61.